The molecule has 184 valence electrons. The van der Waals surface area contributed by atoms with Crippen LogP contribution in [0.25, 0.3) is 0 Å². The highest BCUT2D eigenvalue weighted by atomic mass is 16.6. The lowest BCUT2D eigenvalue weighted by molar-refractivity contribution is -0.190. The number of hydrogen-bond acceptors (Lipinski definition) is 5. The molecule has 2 aliphatic rings. The van der Waals surface area contributed by atoms with Crippen molar-refractivity contribution in [1.82, 2.24) is 9.80 Å². The number of β-lactam (4-membered cyclic amide) rings is 1. The van der Waals surface area contributed by atoms with Crippen molar-refractivity contribution in [3.8, 4) is 0 Å². The highest BCUT2D eigenvalue weighted by Gasteiger charge is 2.63. The number of amides is 2. The molecular weight excluding hydrogens is 444 g/mol. The summed E-state index contributed by atoms with van der Waals surface area (Å²) in [5, 5.41) is 0. The average Bonchev–Trinajstić information content (AvgIpc) is 3.18. The number of nitrogens with zero attached hydrogens (tertiary/aromatic N) is 2. The Labute approximate surface area is 206 Å². The molecule has 0 N–H and O–H groups in total. The van der Waals surface area contributed by atoms with Gasteiger partial charge in [-0.15, -0.1) is 6.58 Å². The van der Waals surface area contributed by atoms with Gasteiger partial charge in [-0.05, 0) is 45.2 Å². The minimum Gasteiger partial charge on any atom is -0.458 e. The molecule has 0 saturated carbocycles. The van der Waals surface area contributed by atoms with Crippen molar-refractivity contribution in [2.75, 3.05) is 6.61 Å². The molecule has 2 aliphatic heterocycles. The second-order valence-corrected chi connectivity index (χ2v) is 10.2. The van der Waals surface area contributed by atoms with Gasteiger partial charge in [0.05, 0.1) is 12.1 Å². The van der Waals surface area contributed by atoms with E-state index in [4.69, 9.17) is 9.47 Å². The third-order valence-electron chi connectivity index (χ3n) is 6.52. The summed E-state index contributed by atoms with van der Waals surface area (Å²) in [5.74, 6) is -0.838. The lowest BCUT2D eigenvalue weighted by Crippen LogP contribution is -2.73. The quantitative estimate of drug-likeness (QED) is 0.326. The fourth-order valence-corrected chi connectivity index (χ4v) is 4.90. The van der Waals surface area contributed by atoms with E-state index in [9.17, 15) is 14.4 Å². The zero-order chi connectivity index (χ0) is 25.4. The van der Waals surface area contributed by atoms with Gasteiger partial charge >= 0.3 is 12.1 Å². The van der Waals surface area contributed by atoms with Gasteiger partial charge in [-0.25, -0.2) is 9.59 Å². The van der Waals surface area contributed by atoms with Crippen LogP contribution in [0, 0.1) is 0 Å². The number of carbonyl (C=O) groups is 3. The van der Waals surface area contributed by atoms with Crippen molar-refractivity contribution in [1.29, 1.82) is 0 Å². The van der Waals surface area contributed by atoms with E-state index in [1.807, 2.05) is 60.7 Å². The third-order valence-corrected chi connectivity index (χ3v) is 6.52. The Morgan fingerprint density at radius 2 is 1.57 bits per heavy atom. The van der Waals surface area contributed by atoms with Crippen molar-refractivity contribution in [2.24, 2.45) is 0 Å². The topological polar surface area (TPSA) is 76.2 Å². The number of hydrogen-bond donors (Lipinski definition) is 0. The SMILES string of the molecule is C=CC[C@](C)(C(=O)OC(C)(C)C)N1C(=O)[C@@H](N2C(=O)OC[C@@H]2c2ccccc2)[C@H]1c1ccccc1. The van der Waals surface area contributed by atoms with E-state index in [0.29, 0.717) is 0 Å². The molecule has 0 aromatic heterocycles. The first-order valence-corrected chi connectivity index (χ1v) is 11.8. The molecule has 7 heteroatoms. The summed E-state index contributed by atoms with van der Waals surface area (Å²) >= 11 is 0. The van der Waals surface area contributed by atoms with Gasteiger partial charge in [0.25, 0.3) is 0 Å². The van der Waals surface area contributed by atoms with Crippen molar-refractivity contribution in [3.63, 3.8) is 0 Å². The van der Waals surface area contributed by atoms with Gasteiger partial charge in [0.1, 0.15) is 23.8 Å². The maximum atomic E-state index is 13.9. The molecular formula is C28H32N2O5. The standard InChI is InChI=1S/C28H32N2O5/c1-6-17-28(5,25(32)35-27(2,3)4)30-22(20-15-11-8-12-16-20)23(24(30)31)29-21(18-34-26(29)33)19-13-9-7-10-14-19/h6-16,21-23H,1,17-18H2,2-5H3/t21-,22-,23+,28-/m1/s1. The zero-order valence-electron chi connectivity index (χ0n) is 20.6. The van der Waals surface area contributed by atoms with E-state index in [-0.39, 0.29) is 18.9 Å². The van der Waals surface area contributed by atoms with Crippen LogP contribution in [0.1, 0.15) is 57.3 Å². The maximum Gasteiger partial charge on any atom is 0.411 e. The predicted molar refractivity (Wildman–Crippen MR) is 131 cm³/mol. The molecule has 2 aromatic carbocycles. The summed E-state index contributed by atoms with van der Waals surface area (Å²) in [4.78, 5) is 43.3. The van der Waals surface area contributed by atoms with Gasteiger partial charge < -0.3 is 14.4 Å². The number of cyclic esters (lactones) is 1. The Balaban J connectivity index is 1.77. The van der Waals surface area contributed by atoms with Crippen LogP contribution >= 0.6 is 0 Å². The Morgan fingerprint density at radius 1 is 1.00 bits per heavy atom. The van der Waals surface area contributed by atoms with Crippen LogP contribution in [0.3, 0.4) is 0 Å². The summed E-state index contributed by atoms with van der Waals surface area (Å²) in [6.07, 6.45) is 1.28. The van der Waals surface area contributed by atoms with Crippen LogP contribution in [-0.2, 0) is 19.1 Å². The zero-order valence-corrected chi connectivity index (χ0v) is 20.6. The minimum atomic E-state index is -1.30. The van der Waals surface area contributed by atoms with Gasteiger partial charge in [0, 0.05) is 0 Å². The second kappa shape index (κ2) is 9.21. The number of ether oxygens (including phenoxy) is 2. The molecule has 4 rings (SSSR count). The lowest BCUT2D eigenvalue weighted by atomic mass is 9.79. The molecule has 4 atom stereocenters. The van der Waals surface area contributed by atoms with Crippen LogP contribution in [0.4, 0.5) is 4.79 Å². The summed E-state index contributed by atoms with van der Waals surface area (Å²) in [7, 11) is 0. The molecule has 2 fully saturated rings. The molecule has 2 heterocycles. The summed E-state index contributed by atoms with van der Waals surface area (Å²) in [5.41, 5.74) is -0.318. The Hall–Kier alpha value is -3.61. The molecule has 0 bridgehead atoms. The van der Waals surface area contributed by atoms with E-state index in [2.05, 4.69) is 6.58 Å². The van der Waals surface area contributed by atoms with E-state index < -0.39 is 41.3 Å². The van der Waals surface area contributed by atoms with Crippen molar-refractivity contribution in [3.05, 3.63) is 84.4 Å². The fraction of sp³-hybridized carbons (Fsp3) is 0.393. The fourth-order valence-electron chi connectivity index (χ4n) is 4.90. The largest absolute Gasteiger partial charge is 0.458 e. The van der Waals surface area contributed by atoms with Crippen molar-refractivity contribution in [2.45, 2.75) is 63.4 Å². The smallest absolute Gasteiger partial charge is 0.411 e. The van der Waals surface area contributed by atoms with E-state index in [0.717, 1.165) is 11.1 Å². The van der Waals surface area contributed by atoms with Crippen LogP contribution in [0.2, 0.25) is 0 Å². The monoisotopic (exact) mass is 476 g/mol. The van der Waals surface area contributed by atoms with Crippen LogP contribution in [-0.4, -0.2) is 51.6 Å². The highest BCUT2D eigenvalue weighted by Crippen LogP contribution is 2.48. The molecule has 0 aliphatic carbocycles. The highest BCUT2D eigenvalue weighted by molar-refractivity contribution is 5.98. The van der Waals surface area contributed by atoms with Crippen LogP contribution < -0.4 is 0 Å². The van der Waals surface area contributed by atoms with E-state index in [1.54, 1.807) is 38.7 Å². The maximum absolute atomic E-state index is 13.9. The first-order valence-electron chi connectivity index (χ1n) is 11.8. The summed E-state index contributed by atoms with van der Waals surface area (Å²) < 4.78 is 11.1. The molecule has 2 amide bonds. The van der Waals surface area contributed by atoms with Gasteiger partial charge in [-0.3, -0.25) is 9.69 Å². The van der Waals surface area contributed by atoms with E-state index >= 15 is 0 Å². The average molecular weight is 477 g/mol. The Kier molecular flexibility index (Phi) is 6.45. The summed E-state index contributed by atoms with van der Waals surface area (Å²) in [6, 6.07) is 17.2. The molecule has 0 radical (unpaired) electrons. The van der Waals surface area contributed by atoms with Crippen molar-refractivity contribution >= 4 is 18.0 Å². The predicted octanol–water partition coefficient (Wildman–Crippen LogP) is 4.81. The first kappa shape index (κ1) is 24.5. The van der Waals surface area contributed by atoms with Gasteiger partial charge in [-0.1, -0.05) is 66.7 Å². The van der Waals surface area contributed by atoms with E-state index in [1.165, 1.54) is 4.90 Å². The second-order valence-electron chi connectivity index (χ2n) is 10.2. The van der Waals surface area contributed by atoms with Crippen molar-refractivity contribution < 1.29 is 23.9 Å². The van der Waals surface area contributed by atoms with Gasteiger partial charge in [0.15, 0.2) is 0 Å². The molecule has 0 spiro atoms. The minimum absolute atomic E-state index is 0.157. The van der Waals surface area contributed by atoms with Crippen LogP contribution in [0.15, 0.2) is 73.3 Å². The number of esters is 1. The molecule has 2 aromatic rings. The number of carbonyl (C=O) groups excluding carboxylic acids is 3. The van der Waals surface area contributed by atoms with Gasteiger partial charge in [0.2, 0.25) is 5.91 Å². The first-order chi connectivity index (χ1) is 16.6. The molecule has 7 nitrogen and oxygen atoms in total. The summed E-state index contributed by atoms with van der Waals surface area (Å²) in [6.45, 7) is 11.0. The number of rotatable bonds is 7. The lowest BCUT2D eigenvalue weighted by Gasteiger charge is -2.57. The van der Waals surface area contributed by atoms with Gasteiger partial charge in [-0.2, -0.15) is 0 Å². The molecule has 0 unspecified atom stereocenters. The molecule has 35 heavy (non-hydrogen) atoms. The normalized spacial score (nSPS) is 23.8. The molecule has 2 saturated heterocycles. The number of likely N-dealkylation sites (tertiary alicyclic amines) is 1. The number of benzene rings is 2. The third kappa shape index (κ3) is 4.43. The Bertz CT molecular complexity index is 1110. The Morgan fingerprint density at radius 3 is 2.11 bits per heavy atom. The van der Waals surface area contributed by atoms with Crippen LogP contribution in [0.5, 0.6) is 0 Å².